The van der Waals surface area contributed by atoms with Gasteiger partial charge in [-0.2, -0.15) is 0 Å². The lowest BCUT2D eigenvalue weighted by Crippen LogP contribution is -2.31. The summed E-state index contributed by atoms with van der Waals surface area (Å²) in [5.41, 5.74) is 2.30. The number of benzene rings is 1. The quantitative estimate of drug-likeness (QED) is 0.377. The fourth-order valence-corrected chi connectivity index (χ4v) is 4.09. The van der Waals surface area contributed by atoms with E-state index in [0.29, 0.717) is 17.9 Å². The third kappa shape index (κ3) is 6.24. The summed E-state index contributed by atoms with van der Waals surface area (Å²) in [7, 11) is -2.04. The molecule has 3 aromatic rings. The number of rotatable bonds is 10. The number of carbonyl (C=O) groups is 1. The van der Waals surface area contributed by atoms with E-state index in [-0.39, 0.29) is 11.4 Å². The van der Waals surface area contributed by atoms with Gasteiger partial charge in [0.1, 0.15) is 17.3 Å². The van der Waals surface area contributed by atoms with Crippen molar-refractivity contribution < 1.29 is 18.3 Å². The Hall–Kier alpha value is -3.50. The Morgan fingerprint density at radius 2 is 1.87 bits per heavy atom. The number of aromatic nitrogens is 2. The van der Waals surface area contributed by atoms with Crippen molar-refractivity contribution in [2.45, 2.75) is 17.4 Å². The minimum absolute atomic E-state index is 0.0469. The molecule has 0 radical (unpaired) electrons. The highest BCUT2D eigenvalue weighted by Crippen LogP contribution is 2.22. The third-order valence-corrected chi connectivity index (χ3v) is 5.93. The summed E-state index contributed by atoms with van der Waals surface area (Å²) in [6.07, 6.45) is 3.12. The van der Waals surface area contributed by atoms with Gasteiger partial charge >= 0.3 is 5.97 Å². The Balaban J connectivity index is 1.91. The van der Waals surface area contributed by atoms with Crippen molar-refractivity contribution >= 4 is 27.5 Å². The lowest BCUT2D eigenvalue weighted by Gasteiger charge is -2.19. The largest absolute Gasteiger partial charge is 0.480 e. The number of sulfonamides is 1. The SMILES string of the molecule is CNc1ccc(CC(NS(=O)(=O)c2cccnc2)c2cccc(NCC(=O)O)n2)cc1. The Bertz CT molecular complexity index is 1120. The van der Waals surface area contributed by atoms with Gasteiger partial charge in [0.15, 0.2) is 0 Å². The molecule has 31 heavy (non-hydrogen) atoms. The molecule has 0 saturated carbocycles. The monoisotopic (exact) mass is 441 g/mol. The molecule has 0 fully saturated rings. The molecule has 0 aliphatic rings. The number of carboxylic acids is 1. The van der Waals surface area contributed by atoms with Crippen molar-refractivity contribution in [3.05, 3.63) is 78.2 Å². The zero-order valence-corrected chi connectivity index (χ0v) is 17.6. The second kappa shape index (κ2) is 10.0. The highest BCUT2D eigenvalue weighted by atomic mass is 32.2. The molecule has 3 rings (SSSR count). The van der Waals surface area contributed by atoms with Crippen molar-refractivity contribution in [3.8, 4) is 0 Å². The van der Waals surface area contributed by atoms with Gasteiger partial charge in [0, 0.05) is 25.1 Å². The van der Waals surface area contributed by atoms with Crippen molar-refractivity contribution in [3.63, 3.8) is 0 Å². The van der Waals surface area contributed by atoms with Gasteiger partial charge in [-0.1, -0.05) is 18.2 Å². The van der Waals surface area contributed by atoms with E-state index in [1.807, 2.05) is 31.3 Å². The molecule has 2 heterocycles. The normalized spacial score (nSPS) is 12.2. The molecule has 1 aromatic carbocycles. The van der Waals surface area contributed by atoms with E-state index in [4.69, 9.17) is 5.11 Å². The molecule has 0 aliphatic heterocycles. The van der Waals surface area contributed by atoms with Crippen molar-refractivity contribution in [1.29, 1.82) is 0 Å². The number of pyridine rings is 2. The van der Waals surface area contributed by atoms with E-state index >= 15 is 0 Å². The topological polar surface area (TPSA) is 133 Å². The molecule has 1 atom stereocenters. The van der Waals surface area contributed by atoms with Crippen LogP contribution >= 0.6 is 0 Å². The average Bonchev–Trinajstić information content (AvgIpc) is 2.78. The van der Waals surface area contributed by atoms with Crippen LogP contribution in [0, 0.1) is 0 Å². The average molecular weight is 442 g/mol. The van der Waals surface area contributed by atoms with Crippen LogP contribution in [0.15, 0.2) is 71.9 Å². The van der Waals surface area contributed by atoms with E-state index in [2.05, 4.69) is 25.3 Å². The number of nitrogens with zero attached hydrogens (tertiary/aromatic N) is 2. The molecule has 0 saturated heterocycles. The summed E-state index contributed by atoms with van der Waals surface area (Å²) in [4.78, 5) is 19.2. The maximum absolute atomic E-state index is 12.9. The number of anilines is 2. The summed E-state index contributed by atoms with van der Waals surface area (Å²) in [6, 6.07) is 15.0. The summed E-state index contributed by atoms with van der Waals surface area (Å²) in [5, 5.41) is 14.6. The van der Waals surface area contributed by atoms with E-state index in [1.54, 1.807) is 24.3 Å². The Morgan fingerprint density at radius 1 is 1.10 bits per heavy atom. The van der Waals surface area contributed by atoms with Gasteiger partial charge in [0.2, 0.25) is 10.0 Å². The fourth-order valence-electron chi connectivity index (χ4n) is 2.92. The van der Waals surface area contributed by atoms with Crippen LogP contribution in [0.2, 0.25) is 0 Å². The third-order valence-electron chi connectivity index (χ3n) is 4.47. The molecule has 10 heteroatoms. The van der Waals surface area contributed by atoms with E-state index in [0.717, 1.165) is 11.3 Å². The molecular weight excluding hydrogens is 418 g/mol. The first kappa shape index (κ1) is 22.2. The molecule has 0 spiro atoms. The number of hydrogen-bond acceptors (Lipinski definition) is 7. The summed E-state index contributed by atoms with van der Waals surface area (Å²) >= 11 is 0. The van der Waals surface area contributed by atoms with E-state index < -0.39 is 22.0 Å². The summed E-state index contributed by atoms with van der Waals surface area (Å²) in [6.45, 7) is -0.298. The highest BCUT2D eigenvalue weighted by Gasteiger charge is 2.23. The molecule has 162 valence electrons. The summed E-state index contributed by atoms with van der Waals surface area (Å²) < 4.78 is 28.6. The zero-order chi connectivity index (χ0) is 22.3. The number of aliphatic carboxylic acids is 1. The van der Waals surface area contributed by atoms with E-state index in [1.165, 1.54) is 18.5 Å². The first-order chi connectivity index (χ1) is 14.9. The molecule has 0 amide bonds. The molecule has 0 bridgehead atoms. The van der Waals surface area contributed by atoms with Gasteiger partial charge in [-0.25, -0.2) is 18.1 Å². The van der Waals surface area contributed by atoms with Gasteiger partial charge in [-0.3, -0.25) is 9.78 Å². The zero-order valence-electron chi connectivity index (χ0n) is 16.8. The van der Waals surface area contributed by atoms with Gasteiger partial charge in [0.25, 0.3) is 0 Å². The van der Waals surface area contributed by atoms with Gasteiger partial charge in [-0.15, -0.1) is 0 Å². The molecule has 9 nitrogen and oxygen atoms in total. The van der Waals surface area contributed by atoms with Crippen LogP contribution in [0.5, 0.6) is 0 Å². The Labute approximate surface area is 180 Å². The molecular formula is C21H23N5O4S. The van der Waals surface area contributed by atoms with Crippen LogP contribution < -0.4 is 15.4 Å². The number of hydrogen-bond donors (Lipinski definition) is 4. The maximum atomic E-state index is 12.9. The first-order valence-corrected chi connectivity index (χ1v) is 11.0. The van der Waals surface area contributed by atoms with E-state index in [9.17, 15) is 13.2 Å². The standard InChI is InChI=1S/C21H23N5O4S/c1-22-16-9-7-15(8-10-16)12-19(26-31(29,30)17-4-3-11-23-13-17)18-5-2-6-20(25-18)24-14-21(27)28/h2-11,13,19,22,26H,12,14H2,1H3,(H,24,25)(H,27,28). The van der Waals surface area contributed by atoms with Gasteiger partial charge < -0.3 is 15.7 Å². The van der Waals surface area contributed by atoms with Crippen molar-refractivity contribution in [1.82, 2.24) is 14.7 Å². The maximum Gasteiger partial charge on any atom is 0.322 e. The Kier molecular flexibility index (Phi) is 7.16. The van der Waals surface area contributed by atoms with Crippen molar-refractivity contribution in [2.24, 2.45) is 0 Å². The lowest BCUT2D eigenvalue weighted by atomic mass is 10.0. The van der Waals surface area contributed by atoms with Crippen LogP contribution in [0.4, 0.5) is 11.5 Å². The number of carboxylic acid groups (broad SMARTS) is 1. The van der Waals surface area contributed by atoms with Crippen LogP contribution in [0.25, 0.3) is 0 Å². The predicted molar refractivity (Wildman–Crippen MR) is 117 cm³/mol. The smallest absolute Gasteiger partial charge is 0.322 e. The minimum atomic E-state index is -3.86. The fraction of sp³-hybridized carbons (Fsp3) is 0.190. The lowest BCUT2D eigenvalue weighted by molar-refractivity contribution is -0.134. The van der Waals surface area contributed by atoms with Crippen LogP contribution in [-0.4, -0.2) is 43.1 Å². The minimum Gasteiger partial charge on any atom is -0.480 e. The highest BCUT2D eigenvalue weighted by molar-refractivity contribution is 7.89. The second-order valence-electron chi connectivity index (χ2n) is 6.71. The van der Waals surface area contributed by atoms with Crippen LogP contribution in [-0.2, 0) is 21.2 Å². The molecule has 4 N–H and O–H groups in total. The second-order valence-corrected chi connectivity index (χ2v) is 8.42. The molecule has 0 aliphatic carbocycles. The predicted octanol–water partition coefficient (Wildman–Crippen LogP) is 2.28. The summed E-state index contributed by atoms with van der Waals surface area (Å²) in [5.74, 6) is -0.679. The van der Waals surface area contributed by atoms with Crippen LogP contribution in [0.3, 0.4) is 0 Å². The molecule has 2 aromatic heterocycles. The van der Waals surface area contributed by atoms with Gasteiger partial charge in [-0.05, 0) is 48.4 Å². The van der Waals surface area contributed by atoms with Crippen molar-refractivity contribution in [2.75, 3.05) is 24.2 Å². The first-order valence-electron chi connectivity index (χ1n) is 9.49. The number of nitrogens with one attached hydrogen (secondary N) is 3. The van der Waals surface area contributed by atoms with Crippen LogP contribution in [0.1, 0.15) is 17.3 Å². The Morgan fingerprint density at radius 3 is 2.52 bits per heavy atom. The van der Waals surface area contributed by atoms with Gasteiger partial charge in [0.05, 0.1) is 11.7 Å². The molecule has 1 unspecified atom stereocenters.